The molecule has 0 aromatic carbocycles. The fourth-order valence-corrected chi connectivity index (χ4v) is 3.95. The number of aliphatic carboxylic acids is 1. The van der Waals surface area contributed by atoms with E-state index < -0.39 is 5.97 Å². The van der Waals surface area contributed by atoms with Gasteiger partial charge in [-0.15, -0.1) is 0 Å². The smallest absolute Gasteiger partial charge is 0.333 e. The van der Waals surface area contributed by atoms with Gasteiger partial charge in [-0.2, -0.15) is 0 Å². The monoisotopic (exact) mass is 360 g/mol. The van der Waals surface area contributed by atoms with E-state index in [0.29, 0.717) is 28.9 Å². The van der Waals surface area contributed by atoms with Gasteiger partial charge < -0.3 is 20.2 Å². The summed E-state index contributed by atoms with van der Waals surface area (Å²) in [5, 5.41) is 12.6. The molecule has 3 aliphatic rings. The van der Waals surface area contributed by atoms with E-state index in [9.17, 15) is 14.3 Å². The maximum Gasteiger partial charge on any atom is 0.333 e. The largest absolute Gasteiger partial charge is 0.478 e. The highest BCUT2D eigenvalue weighted by atomic mass is 19.1. The van der Waals surface area contributed by atoms with E-state index >= 15 is 0 Å². The molecule has 140 valence electrons. The molecule has 26 heavy (non-hydrogen) atoms. The lowest BCUT2D eigenvalue weighted by atomic mass is 10.0. The molecule has 4 rings (SSSR count). The Morgan fingerprint density at radius 1 is 1.38 bits per heavy atom. The van der Waals surface area contributed by atoms with Gasteiger partial charge in [0.25, 0.3) is 0 Å². The van der Waals surface area contributed by atoms with Crippen molar-refractivity contribution in [3.05, 3.63) is 29.2 Å². The number of anilines is 2. The first-order chi connectivity index (χ1) is 12.5. The lowest BCUT2D eigenvalue weighted by Gasteiger charge is -2.29. The van der Waals surface area contributed by atoms with Crippen LogP contribution in [0.3, 0.4) is 0 Å². The number of fused-ring (bicyclic) bond motifs is 1. The van der Waals surface area contributed by atoms with Crippen LogP contribution in [-0.4, -0.2) is 48.3 Å². The zero-order valence-electron chi connectivity index (χ0n) is 15.2. The fraction of sp³-hybridized carbons (Fsp3) is 0.579. The van der Waals surface area contributed by atoms with Crippen LogP contribution in [-0.2, 0) is 11.2 Å². The van der Waals surface area contributed by atoms with E-state index in [-0.39, 0.29) is 18.3 Å². The Morgan fingerprint density at radius 3 is 2.81 bits per heavy atom. The Hall–Kier alpha value is -2.15. The van der Waals surface area contributed by atoms with Crippen molar-refractivity contribution in [2.45, 2.75) is 44.7 Å². The van der Waals surface area contributed by atoms with Crippen molar-refractivity contribution in [2.24, 2.45) is 5.92 Å². The molecule has 6 nitrogen and oxygen atoms in total. The Morgan fingerprint density at radius 2 is 2.15 bits per heavy atom. The van der Waals surface area contributed by atoms with Gasteiger partial charge in [-0.25, -0.2) is 14.2 Å². The summed E-state index contributed by atoms with van der Waals surface area (Å²) < 4.78 is 14.8. The molecule has 1 aromatic heterocycles. The Balaban J connectivity index is 1.65. The van der Waals surface area contributed by atoms with Crippen LogP contribution >= 0.6 is 0 Å². The fourth-order valence-electron chi connectivity index (χ4n) is 3.95. The summed E-state index contributed by atoms with van der Waals surface area (Å²) in [5.74, 6) is 0.278. The van der Waals surface area contributed by atoms with Crippen molar-refractivity contribution < 1.29 is 14.3 Å². The molecule has 1 unspecified atom stereocenters. The molecule has 1 aliphatic carbocycles. The SMILES string of the molecule is CN[C@@H](C)C1CCN(c2nc3c(cc2F)CC(C(=O)O)=CN3C2CC2)C1. The molecule has 2 fully saturated rings. The molecule has 2 N–H and O–H groups in total. The molecule has 1 aromatic rings. The van der Waals surface area contributed by atoms with Crippen LogP contribution in [0.4, 0.5) is 16.0 Å². The maximum absolute atomic E-state index is 14.8. The third-order valence-electron chi connectivity index (χ3n) is 5.84. The Bertz CT molecular complexity index is 762. The summed E-state index contributed by atoms with van der Waals surface area (Å²) in [4.78, 5) is 20.1. The van der Waals surface area contributed by atoms with E-state index in [1.54, 1.807) is 6.20 Å². The number of halogens is 1. The summed E-state index contributed by atoms with van der Waals surface area (Å²) in [6, 6.07) is 2.15. The van der Waals surface area contributed by atoms with E-state index in [1.165, 1.54) is 6.07 Å². The van der Waals surface area contributed by atoms with Gasteiger partial charge in [0.1, 0.15) is 5.82 Å². The van der Waals surface area contributed by atoms with Gasteiger partial charge in [-0.1, -0.05) is 0 Å². The first kappa shape index (κ1) is 17.3. The molecule has 0 amide bonds. The maximum atomic E-state index is 14.8. The number of hydrogen-bond donors (Lipinski definition) is 2. The van der Waals surface area contributed by atoms with Gasteiger partial charge in [-0.05, 0) is 45.2 Å². The predicted octanol–water partition coefficient (Wildman–Crippen LogP) is 2.15. The number of hydrogen-bond acceptors (Lipinski definition) is 5. The second-order valence-electron chi connectivity index (χ2n) is 7.62. The van der Waals surface area contributed by atoms with Gasteiger partial charge >= 0.3 is 5.97 Å². The van der Waals surface area contributed by atoms with Crippen LogP contribution in [0, 0.1) is 11.7 Å². The second kappa shape index (κ2) is 6.54. The van der Waals surface area contributed by atoms with E-state index in [4.69, 9.17) is 0 Å². The van der Waals surface area contributed by atoms with Gasteiger partial charge in [0, 0.05) is 43.4 Å². The molecule has 3 heterocycles. The minimum absolute atomic E-state index is 0.220. The molecular formula is C19H25FN4O2. The van der Waals surface area contributed by atoms with Crippen LogP contribution in [0.2, 0.25) is 0 Å². The topological polar surface area (TPSA) is 68.7 Å². The van der Waals surface area contributed by atoms with Gasteiger partial charge in [-0.3, -0.25) is 0 Å². The third-order valence-corrected chi connectivity index (χ3v) is 5.84. The second-order valence-corrected chi connectivity index (χ2v) is 7.62. The minimum atomic E-state index is -0.950. The molecule has 7 heteroatoms. The number of nitrogens with one attached hydrogen (secondary N) is 1. The summed E-state index contributed by atoms with van der Waals surface area (Å²) in [6.45, 7) is 3.72. The summed E-state index contributed by atoms with van der Waals surface area (Å²) >= 11 is 0. The highest BCUT2D eigenvalue weighted by Crippen LogP contribution is 2.39. The lowest BCUT2D eigenvalue weighted by molar-refractivity contribution is -0.132. The van der Waals surface area contributed by atoms with Crippen molar-refractivity contribution in [1.29, 1.82) is 0 Å². The van der Waals surface area contributed by atoms with Crippen molar-refractivity contribution in [2.75, 3.05) is 29.9 Å². The van der Waals surface area contributed by atoms with Crippen LogP contribution < -0.4 is 15.1 Å². The zero-order chi connectivity index (χ0) is 18.4. The number of pyridine rings is 1. The molecule has 2 aliphatic heterocycles. The number of nitrogens with zero attached hydrogens (tertiary/aromatic N) is 3. The van der Waals surface area contributed by atoms with E-state index in [2.05, 4.69) is 17.2 Å². The average Bonchev–Trinajstić information content (AvgIpc) is 3.36. The van der Waals surface area contributed by atoms with Crippen molar-refractivity contribution >= 4 is 17.6 Å². The van der Waals surface area contributed by atoms with E-state index in [0.717, 1.165) is 38.2 Å². The van der Waals surface area contributed by atoms with Crippen LogP contribution in [0.5, 0.6) is 0 Å². The first-order valence-corrected chi connectivity index (χ1v) is 9.32. The number of rotatable bonds is 5. The highest BCUT2D eigenvalue weighted by molar-refractivity contribution is 5.89. The van der Waals surface area contributed by atoms with Crippen molar-refractivity contribution in [3.63, 3.8) is 0 Å². The molecule has 1 saturated heterocycles. The molecule has 0 radical (unpaired) electrons. The molecule has 1 saturated carbocycles. The van der Waals surface area contributed by atoms with Gasteiger partial charge in [0.2, 0.25) is 0 Å². The number of carbonyl (C=O) groups is 1. The molecule has 0 spiro atoms. The highest BCUT2D eigenvalue weighted by Gasteiger charge is 2.36. The standard InChI is InChI=1S/C19H25FN4O2/c1-11(21-2)12-5-6-23(9-12)18-16(20)8-13-7-14(19(25)26)10-24(15-3-4-15)17(13)22-18/h8,10-12,15,21H,3-7,9H2,1-2H3,(H,25,26)/t11-,12?/m0/s1. The van der Waals surface area contributed by atoms with Crippen LogP contribution in [0.15, 0.2) is 17.8 Å². The molecule has 2 atom stereocenters. The van der Waals surface area contributed by atoms with Gasteiger partial charge in [0.05, 0.1) is 5.57 Å². The van der Waals surface area contributed by atoms with E-state index in [1.807, 2.05) is 16.8 Å². The molecular weight excluding hydrogens is 335 g/mol. The minimum Gasteiger partial charge on any atom is -0.478 e. The summed E-state index contributed by atoms with van der Waals surface area (Å²) in [7, 11) is 1.95. The summed E-state index contributed by atoms with van der Waals surface area (Å²) in [6.07, 6.45) is 4.95. The van der Waals surface area contributed by atoms with Crippen molar-refractivity contribution in [1.82, 2.24) is 10.3 Å². The van der Waals surface area contributed by atoms with Gasteiger partial charge in [0.15, 0.2) is 11.6 Å². The van der Waals surface area contributed by atoms with Crippen molar-refractivity contribution in [3.8, 4) is 0 Å². The van der Waals surface area contributed by atoms with Crippen LogP contribution in [0.1, 0.15) is 31.7 Å². The average molecular weight is 360 g/mol. The number of aromatic nitrogens is 1. The summed E-state index contributed by atoms with van der Waals surface area (Å²) in [5.41, 5.74) is 0.958. The quantitative estimate of drug-likeness (QED) is 0.839. The Labute approximate surface area is 152 Å². The normalized spacial score (nSPS) is 23.7. The number of carboxylic acid groups (broad SMARTS) is 1. The Kier molecular flexibility index (Phi) is 4.34. The third kappa shape index (κ3) is 3.05. The number of carboxylic acids is 1. The predicted molar refractivity (Wildman–Crippen MR) is 98.0 cm³/mol. The lowest BCUT2D eigenvalue weighted by Crippen LogP contribution is -2.33. The first-order valence-electron chi connectivity index (χ1n) is 9.32. The van der Waals surface area contributed by atoms with Crippen LogP contribution in [0.25, 0.3) is 0 Å². The molecule has 0 bridgehead atoms. The zero-order valence-corrected chi connectivity index (χ0v) is 15.2.